The number of pyridine rings is 1. The predicted molar refractivity (Wildman–Crippen MR) is 132 cm³/mol. The summed E-state index contributed by atoms with van der Waals surface area (Å²) in [6, 6.07) is 17.1. The van der Waals surface area contributed by atoms with Gasteiger partial charge in [0.15, 0.2) is 0 Å². The zero-order chi connectivity index (χ0) is 24.5. The summed E-state index contributed by atoms with van der Waals surface area (Å²) in [4.78, 5) is 19.5. The normalized spacial score (nSPS) is 17.3. The molecule has 2 aromatic carbocycles. The highest BCUT2D eigenvalue weighted by Crippen LogP contribution is 2.35. The van der Waals surface area contributed by atoms with E-state index in [2.05, 4.69) is 6.07 Å². The number of likely N-dealkylation sites (tertiary alicyclic amines) is 1. The quantitative estimate of drug-likeness (QED) is 0.529. The van der Waals surface area contributed by atoms with Crippen LogP contribution in [0.15, 0.2) is 48.5 Å². The van der Waals surface area contributed by atoms with Crippen molar-refractivity contribution < 1.29 is 14.6 Å². The Morgan fingerprint density at radius 1 is 1.21 bits per heavy atom. The standard InChI is InChI=1S/C28H31N3O3/c1-18-12-13-19(15-20(18)17-29)24-16-22(21-9-5-6-10-23(21)30-24)26(32)25-11-7-8-14-31(25)27(33)34-28(2,3)4/h5-6,9-10,12-13,15-16,25-26,32H,7-8,11,14H2,1-4H3/t25-,26+/m0/s1. The van der Waals surface area contributed by atoms with E-state index in [0.29, 0.717) is 24.2 Å². The van der Waals surface area contributed by atoms with Gasteiger partial charge in [-0.1, -0.05) is 30.3 Å². The highest BCUT2D eigenvalue weighted by molar-refractivity contribution is 5.86. The number of amides is 1. The second kappa shape index (κ2) is 9.44. The first-order valence-electron chi connectivity index (χ1n) is 11.8. The number of hydrogen-bond acceptors (Lipinski definition) is 5. The third-order valence-electron chi connectivity index (χ3n) is 6.26. The molecule has 1 aliphatic heterocycles. The number of aryl methyl sites for hydroxylation is 1. The van der Waals surface area contributed by atoms with Gasteiger partial charge < -0.3 is 14.7 Å². The van der Waals surface area contributed by atoms with E-state index >= 15 is 0 Å². The highest BCUT2D eigenvalue weighted by Gasteiger charge is 2.36. The molecule has 1 N–H and O–H groups in total. The summed E-state index contributed by atoms with van der Waals surface area (Å²) < 4.78 is 5.64. The number of carbonyl (C=O) groups excluding carboxylic acids is 1. The monoisotopic (exact) mass is 457 g/mol. The highest BCUT2D eigenvalue weighted by atomic mass is 16.6. The lowest BCUT2D eigenvalue weighted by atomic mass is 9.90. The lowest BCUT2D eigenvalue weighted by Gasteiger charge is -2.39. The van der Waals surface area contributed by atoms with Crippen LogP contribution in [0, 0.1) is 18.3 Å². The number of aliphatic hydroxyl groups excluding tert-OH is 1. The van der Waals surface area contributed by atoms with Crippen molar-refractivity contribution in [2.45, 2.75) is 64.7 Å². The van der Waals surface area contributed by atoms with Crippen LogP contribution >= 0.6 is 0 Å². The summed E-state index contributed by atoms with van der Waals surface area (Å²) in [6.45, 7) is 8.00. The molecule has 0 radical (unpaired) electrons. The van der Waals surface area contributed by atoms with E-state index in [1.807, 2.05) is 76.2 Å². The van der Waals surface area contributed by atoms with E-state index in [1.54, 1.807) is 4.90 Å². The van der Waals surface area contributed by atoms with Crippen molar-refractivity contribution in [2.75, 3.05) is 6.54 Å². The topological polar surface area (TPSA) is 86.4 Å². The molecule has 0 unspecified atom stereocenters. The number of aromatic nitrogens is 1. The summed E-state index contributed by atoms with van der Waals surface area (Å²) in [5, 5.41) is 22.0. The smallest absolute Gasteiger partial charge is 0.410 e. The van der Waals surface area contributed by atoms with E-state index in [0.717, 1.165) is 40.4 Å². The van der Waals surface area contributed by atoms with Gasteiger partial charge >= 0.3 is 6.09 Å². The van der Waals surface area contributed by atoms with Crippen LogP contribution in [0.5, 0.6) is 0 Å². The molecule has 1 aromatic heterocycles. The number of para-hydroxylation sites is 1. The fourth-order valence-corrected chi connectivity index (χ4v) is 4.54. The van der Waals surface area contributed by atoms with Crippen molar-refractivity contribution in [1.29, 1.82) is 5.26 Å². The van der Waals surface area contributed by atoms with Crippen LogP contribution in [-0.4, -0.2) is 39.3 Å². The molecule has 1 aliphatic rings. The van der Waals surface area contributed by atoms with Crippen LogP contribution in [0.4, 0.5) is 4.79 Å². The Labute approximate surface area is 200 Å². The Hall–Kier alpha value is -3.43. The molecule has 6 nitrogen and oxygen atoms in total. The third kappa shape index (κ3) is 4.90. The Morgan fingerprint density at radius 3 is 2.71 bits per heavy atom. The predicted octanol–water partition coefficient (Wildman–Crippen LogP) is 5.90. The Balaban J connectivity index is 1.78. The van der Waals surface area contributed by atoms with Crippen LogP contribution in [0.3, 0.4) is 0 Å². The van der Waals surface area contributed by atoms with E-state index < -0.39 is 23.8 Å². The van der Waals surface area contributed by atoms with Crippen molar-refractivity contribution in [2.24, 2.45) is 0 Å². The molecule has 1 amide bonds. The minimum Gasteiger partial charge on any atom is -0.444 e. The summed E-state index contributed by atoms with van der Waals surface area (Å²) >= 11 is 0. The van der Waals surface area contributed by atoms with Gasteiger partial charge in [-0.2, -0.15) is 5.26 Å². The minimum absolute atomic E-state index is 0.394. The molecule has 2 atom stereocenters. The molecule has 0 bridgehead atoms. The lowest BCUT2D eigenvalue weighted by Crippen LogP contribution is -2.48. The largest absolute Gasteiger partial charge is 0.444 e. The van der Waals surface area contributed by atoms with Crippen LogP contribution in [0.1, 0.15) is 62.8 Å². The molecular formula is C28H31N3O3. The maximum atomic E-state index is 13.0. The molecule has 2 heterocycles. The fraction of sp³-hybridized carbons (Fsp3) is 0.393. The maximum Gasteiger partial charge on any atom is 0.410 e. The molecule has 1 fully saturated rings. The van der Waals surface area contributed by atoms with Crippen LogP contribution < -0.4 is 0 Å². The van der Waals surface area contributed by atoms with E-state index in [4.69, 9.17) is 9.72 Å². The second-order valence-corrected chi connectivity index (χ2v) is 9.94. The Morgan fingerprint density at radius 2 is 1.97 bits per heavy atom. The molecule has 0 saturated carbocycles. The molecule has 34 heavy (non-hydrogen) atoms. The van der Waals surface area contributed by atoms with E-state index in [9.17, 15) is 15.2 Å². The molecule has 0 spiro atoms. The zero-order valence-electron chi connectivity index (χ0n) is 20.2. The van der Waals surface area contributed by atoms with Gasteiger partial charge in [0.2, 0.25) is 0 Å². The second-order valence-electron chi connectivity index (χ2n) is 9.94. The summed E-state index contributed by atoms with van der Waals surface area (Å²) in [5.74, 6) is 0. The Kier molecular flexibility index (Phi) is 6.58. The summed E-state index contributed by atoms with van der Waals surface area (Å²) in [7, 11) is 0. The summed E-state index contributed by atoms with van der Waals surface area (Å²) in [6.07, 6.45) is 1.20. The third-order valence-corrected chi connectivity index (χ3v) is 6.26. The number of hydrogen-bond donors (Lipinski definition) is 1. The molecular weight excluding hydrogens is 426 g/mol. The van der Waals surface area contributed by atoms with Gasteiger partial charge in [-0.3, -0.25) is 0 Å². The summed E-state index contributed by atoms with van der Waals surface area (Å²) in [5.41, 5.74) is 3.87. The maximum absolute atomic E-state index is 13.0. The first-order valence-corrected chi connectivity index (χ1v) is 11.8. The number of aliphatic hydroxyl groups is 1. The van der Waals surface area contributed by atoms with Crippen molar-refractivity contribution in [3.8, 4) is 17.3 Å². The molecule has 3 aromatic rings. The van der Waals surface area contributed by atoms with Gasteiger partial charge in [0.05, 0.1) is 28.9 Å². The first-order chi connectivity index (χ1) is 16.2. The Bertz CT molecular complexity index is 1260. The van der Waals surface area contributed by atoms with Crippen LogP contribution in [0.2, 0.25) is 0 Å². The zero-order valence-corrected chi connectivity index (χ0v) is 20.2. The van der Waals surface area contributed by atoms with Crippen molar-refractivity contribution in [3.05, 3.63) is 65.2 Å². The van der Waals surface area contributed by atoms with Crippen molar-refractivity contribution in [1.82, 2.24) is 9.88 Å². The number of fused-ring (bicyclic) bond motifs is 1. The average molecular weight is 458 g/mol. The molecule has 0 aliphatic carbocycles. The molecule has 1 saturated heterocycles. The van der Waals surface area contributed by atoms with Crippen LogP contribution in [0.25, 0.3) is 22.2 Å². The number of piperidine rings is 1. The van der Waals surface area contributed by atoms with Crippen LogP contribution in [-0.2, 0) is 4.74 Å². The van der Waals surface area contributed by atoms with Crippen molar-refractivity contribution >= 4 is 17.0 Å². The van der Waals surface area contributed by atoms with Crippen molar-refractivity contribution in [3.63, 3.8) is 0 Å². The number of carbonyl (C=O) groups is 1. The number of ether oxygens (including phenoxy) is 1. The lowest BCUT2D eigenvalue weighted by molar-refractivity contribution is -0.0166. The minimum atomic E-state index is -0.902. The molecule has 176 valence electrons. The van der Waals surface area contributed by atoms with Gasteiger partial charge in [-0.05, 0) is 76.3 Å². The number of nitrogens with zero attached hydrogens (tertiary/aromatic N) is 3. The number of rotatable bonds is 3. The van der Waals surface area contributed by atoms with Gasteiger partial charge in [-0.25, -0.2) is 9.78 Å². The fourth-order valence-electron chi connectivity index (χ4n) is 4.54. The van der Waals surface area contributed by atoms with Gasteiger partial charge in [0.1, 0.15) is 11.7 Å². The molecule has 6 heteroatoms. The SMILES string of the molecule is Cc1ccc(-c2cc([C@@H](O)[C@@H]3CCCCN3C(=O)OC(C)(C)C)c3ccccc3n2)cc1C#N. The van der Waals surface area contributed by atoms with Gasteiger partial charge in [0.25, 0.3) is 0 Å². The molecule has 4 rings (SSSR count). The van der Waals surface area contributed by atoms with Gasteiger partial charge in [-0.15, -0.1) is 0 Å². The van der Waals surface area contributed by atoms with E-state index in [-0.39, 0.29) is 0 Å². The first kappa shape index (κ1) is 23.7. The number of benzene rings is 2. The van der Waals surface area contributed by atoms with Gasteiger partial charge in [0, 0.05) is 17.5 Å². The number of nitriles is 1. The average Bonchev–Trinajstić information content (AvgIpc) is 2.82. The van der Waals surface area contributed by atoms with E-state index in [1.165, 1.54) is 0 Å².